The summed E-state index contributed by atoms with van der Waals surface area (Å²) in [7, 11) is 0. The van der Waals surface area contributed by atoms with E-state index in [1.807, 2.05) is 0 Å². The smallest absolute Gasteiger partial charge is 0.272 e. The summed E-state index contributed by atoms with van der Waals surface area (Å²) in [5.41, 5.74) is 1.55. The first-order valence-electron chi connectivity index (χ1n) is 5.64. The zero-order chi connectivity index (χ0) is 14.7. The van der Waals surface area contributed by atoms with E-state index in [2.05, 4.69) is 4.84 Å². The summed E-state index contributed by atoms with van der Waals surface area (Å²) >= 11 is 0. The standard InChI is InChI=1S/C10H13F6NO2/c11-9(12,13)5-19-17-8(18)6-2-1-3-7(4-6)10(14,15)16/h6-7H,1-5H2,(H,17,18). The SMILES string of the molecule is O=C(NOCC(F)(F)F)C1CCCC(C(F)(F)F)C1. The number of hydrogen-bond donors (Lipinski definition) is 1. The van der Waals surface area contributed by atoms with Crippen LogP contribution < -0.4 is 5.48 Å². The van der Waals surface area contributed by atoms with Gasteiger partial charge in [-0.3, -0.25) is 9.63 Å². The molecule has 0 saturated heterocycles. The zero-order valence-electron chi connectivity index (χ0n) is 9.77. The normalized spacial score (nSPS) is 25.2. The molecule has 0 aromatic heterocycles. The largest absolute Gasteiger partial charge is 0.414 e. The number of carbonyl (C=O) groups excluding carboxylic acids is 1. The number of hydroxylamine groups is 1. The number of nitrogens with one attached hydrogen (secondary N) is 1. The van der Waals surface area contributed by atoms with E-state index >= 15 is 0 Å². The summed E-state index contributed by atoms with van der Waals surface area (Å²) in [6.07, 6.45) is -9.03. The van der Waals surface area contributed by atoms with Gasteiger partial charge in [-0.2, -0.15) is 26.3 Å². The number of alkyl halides is 6. The molecule has 0 radical (unpaired) electrons. The number of halogens is 6. The van der Waals surface area contributed by atoms with Gasteiger partial charge in [0.05, 0.1) is 5.92 Å². The van der Waals surface area contributed by atoms with Crippen LogP contribution >= 0.6 is 0 Å². The van der Waals surface area contributed by atoms with Gasteiger partial charge in [0, 0.05) is 5.92 Å². The van der Waals surface area contributed by atoms with Gasteiger partial charge in [0.25, 0.3) is 0 Å². The van der Waals surface area contributed by atoms with Crippen LogP contribution in [-0.2, 0) is 9.63 Å². The summed E-state index contributed by atoms with van der Waals surface area (Å²) < 4.78 is 72.6. The van der Waals surface area contributed by atoms with Gasteiger partial charge in [0.1, 0.15) is 0 Å². The van der Waals surface area contributed by atoms with Crippen LogP contribution in [0.15, 0.2) is 0 Å². The molecule has 3 nitrogen and oxygen atoms in total. The minimum Gasteiger partial charge on any atom is -0.272 e. The molecule has 0 spiro atoms. The highest BCUT2D eigenvalue weighted by atomic mass is 19.4. The topological polar surface area (TPSA) is 38.3 Å². The summed E-state index contributed by atoms with van der Waals surface area (Å²) in [6, 6.07) is 0. The van der Waals surface area contributed by atoms with Crippen molar-refractivity contribution in [3.63, 3.8) is 0 Å². The number of carbonyl (C=O) groups is 1. The molecule has 0 aromatic rings. The van der Waals surface area contributed by atoms with Crippen molar-refractivity contribution in [2.75, 3.05) is 6.61 Å². The summed E-state index contributed by atoms with van der Waals surface area (Å²) in [6.45, 7) is -1.67. The predicted octanol–water partition coefficient (Wildman–Crippen LogP) is 2.97. The van der Waals surface area contributed by atoms with Crippen LogP contribution in [0.5, 0.6) is 0 Å². The second-order valence-electron chi connectivity index (χ2n) is 4.47. The van der Waals surface area contributed by atoms with Crippen molar-refractivity contribution in [2.45, 2.75) is 38.0 Å². The van der Waals surface area contributed by atoms with E-state index in [0.717, 1.165) is 0 Å². The fourth-order valence-corrected chi connectivity index (χ4v) is 2.00. The van der Waals surface area contributed by atoms with E-state index in [1.54, 1.807) is 5.48 Å². The van der Waals surface area contributed by atoms with Crippen LogP contribution in [0, 0.1) is 11.8 Å². The fraction of sp³-hybridized carbons (Fsp3) is 0.900. The van der Waals surface area contributed by atoms with E-state index < -0.39 is 43.1 Å². The highest BCUT2D eigenvalue weighted by Crippen LogP contribution is 2.39. The summed E-state index contributed by atoms with van der Waals surface area (Å²) in [4.78, 5) is 15.3. The van der Waals surface area contributed by atoms with E-state index in [1.165, 1.54) is 0 Å². The van der Waals surface area contributed by atoms with Crippen molar-refractivity contribution in [2.24, 2.45) is 11.8 Å². The molecule has 2 unspecified atom stereocenters. The van der Waals surface area contributed by atoms with Crippen LogP contribution in [0.3, 0.4) is 0 Å². The number of rotatable bonds is 3. The summed E-state index contributed by atoms with van der Waals surface area (Å²) in [5.74, 6) is -3.48. The molecule has 1 fully saturated rings. The minimum atomic E-state index is -4.60. The molecule has 19 heavy (non-hydrogen) atoms. The maximum atomic E-state index is 12.5. The van der Waals surface area contributed by atoms with E-state index in [9.17, 15) is 31.1 Å². The Bertz CT molecular complexity index is 314. The maximum Gasteiger partial charge on any atom is 0.414 e. The van der Waals surface area contributed by atoms with Gasteiger partial charge in [-0.15, -0.1) is 0 Å². The van der Waals surface area contributed by atoms with Crippen molar-refractivity contribution in [1.29, 1.82) is 0 Å². The molecule has 112 valence electrons. The van der Waals surface area contributed by atoms with Gasteiger partial charge >= 0.3 is 12.4 Å². The van der Waals surface area contributed by atoms with Crippen molar-refractivity contribution in [3.8, 4) is 0 Å². The number of amides is 1. The van der Waals surface area contributed by atoms with Crippen LogP contribution in [0.4, 0.5) is 26.3 Å². The van der Waals surface area contributed by atoms with Crippen LogP contribution in [0.2, 0.25) is 0 Å². The molecular formula is C10H13F6NO2. The lowest BCUT2D eigenvalue weighted by molar-refractivity contribution is -0.197. The first-order valence-corrected chi connectivity index (χ1v) is 5.64. The average Bonchev–Trinajstić information content (AvgIpc) is 2.26. The third-order valence-corrected chi connectivity index (χ3v) is 2.92. The molecule has 9 heteroatoms. The Morgan fingerprint density at radius 2 is 1.79 bits per heavy atom. The molecule has 1 rings (SSSR count). The molecule has 0 aromatic carbocycles. The minimum absolute atomic E-state index is 0.0588. The van der Waals surface area contributed by atoms with Gasteiger partial charge < -0.3 is 0 Å². The Labute approximate surface area is 105 Å². The van der Waals surface area contributed by atoms with Crippen LogP contribution in [0.25, 0.3) is 0 Å². The summed E-state index contributed by atoms with van der Waals surface area (Å²) in [5, 5.41) is 0. The lowest BCUT2D eigenvalue weighted by atomic mass is 9.81. The molecule has 2 atom stereocenters. The molecule has 0 heterocycles. The highest BCUT2D eigenvalue weighted by molar-refractivity contribution is 5.77. The highest BCUT2D eigenvalue weighted by Gasteiger charge is 2.43. The van der Waals surface area contributed by atoms with Crippen molar-refractivity contribution < 1.29 is 36.0 Å². The Hall–Kier alpha value is -0.990. The molecule has 1 aliphatic rings. The molecular weight excluding hydrogens is 280 g/mol. The Balaban J connectivity index is 2.40. The third kappa shape index (κ3) is 5.66. The van der Waals surface area contributed by atoms with Crippen molar-refractivity contribution in [3.05, 3.63) is 0 Å². The van der Waals surface area contributed by atoms with Gasteiger partial charge in [-0.05, 0) is 19.3 Å². The van der Waals surface area contributed by atoms with E-state index in [-0.39, 0.29) is 19.3 Å². The Morgan fingerprint density at radius 3 is 2.32 bits per heavy atom. The average molecular weight is 293 g/mol. The molecule has 1 aliphatic carbocycles. The lowest BCUT2D eigenvalue weighted by Crippen LogP contribution is -2.38. The first kappa shape index (κ1) is 16.1. The molecule has 0 aliphatic heterocycles. The third-order valence-electron chi connectivity index (χ3n) is 2.92. The van der Waals surface area contributed by atoms with Gasteiger partial charge in [-0.1, -0.05) is 6.42 Å². The quantitative estimate of drug-likeness (QED) is 0.642. The maximum absolute atomic E-state index is 12.5. The van der Waals surface area contributed by atoms with Crippen molar-refractivity contribution >= 4 is 5.91 Å². The monoisotopic (exact) mass is 293 g/mol. The second kappa shape index (κ2) is 5.98. The fourth-order valence-electron chi connectivity index (χ4n) is 2.00. The zero-order valence-corrected chi connectivity index (χ0v) is 9.77. The van der Waals surface area contributed by atoms with E-state index in [4.69, 9.17) is 0 Å². The van der Waals surface area contributed by atoms with E-state index in [0.29, 0.717) is 0 Å². The van der Waals surface area contributed by atoms with Crippen LogP contribution in [-0.4, -0.2) is 24.9 Å². The second-order valence-corrected chi connectivity index (χ2v) is 4.47. The lowest BCUT2D eigenvalue weighted by Gasteiger charge is -2.29. The Morgan fingerprint density at radius 1 is 1.16 bits per heavy atom. The molecule has 1 N–H and O–H groups in total. The molecule has 0 bridgehead atoms. The Kier molecular flexibility index (Phi) is 5.05. The predicted molar refractivity (Wildman–Crippen MR) is 51.7 cm³/mol. The van der Waals surface area contributed by atoms with Crippen LogP contribution in [0.1, 0.15) is 25.7 Å². The van der Waals surface area contributed by atoms with Gasteiger partial charge in [0.15, 0.2) is 6.61 Å². The molecule has 1 saturated carbocycles. The van der Waals surface area contributed by atoms with Gasteiger partial charge in [-0.25, -0.2) is 5.48 Å². The molecule has 1 amide bonds. The van der Waals surface area contributed by atoms with Crippen molar-refractivity contribution in [1.82, 2.24) is 5.48 Å². The number of hydrogen-bond acceptors (Lipinski definition) is 2. The van der Waals surface area contributed by atoms with Gasteiger partial charge in [0.2, 0.25) is 5.91 Å². The first-order chi connectivity index (χ1) is 8.59.